The van der Waals surface area contributed by atoms with Crippen molar-refractivity contribution in [2.45, 2.75) is 11.3 Å². The van der Waals surface area contributed by atoms with Crippen molar-refractivity contribution in [3.8, 4) is 5.75 Å². The Morgan fingerprint density at radius 2 is 1.83 bits per heavy atom. The maximum absolute atomic E-state index is 12.6. The van der Waals surface area contributed by atoms with E-state index in [9.17, 15) is 9.59 Å². The van der Waals surface area contributed by atoms with E-state index >= 15 is 0 Å². The van der Waals surface area contributed by atoms with E-state index < -0.39 is 5.97 Å². The highest BCUT2D eigenvalue weighted by molar-refractivity contribution is 8.15. The lowest BCUT2D eigenvalue weighted by Crippen LogP contribution is -2.18. The molecule has 11 heteroatoms. The molecule has 29 heavy (non-hydrogen) atoms. The first-order valence-corrected chi connectivity index (χ1v) is 10.5. The highest BCUT2D eigenvalue weighted by Gasteiger charge is 2.17. The molecular formula is C18H13ClN4O3S3. The predicted molar refractivity (Wildman–Crippen MR) is 119 cm³/mol. The van der Waals surface area contributed by atoms with Crippen molar-refractivity contribution < 1.29 is 14.3 Å². The predicted octanol–water partition coefficient (Wildman–Crippen LogP) is 4.86. The smallest absolute Gasteiger partial charge is 0.308 e. The average molecular weight is 465 g/mol. The topological polar surface area (TPSA) is 93.2 Å². The van der Waals surface area contributed by atoms with E-state index in [1.165, 1.54) is 18.3 Å². The van der Waals surface area contributed by atoms with Crippen molar-refractivity contribution >= 4 is 73.9 Å². The van der Waals surface area contributed by atoms with Gasteiger partial charge in [0.05, 0.1) is 5.56 Å². The van der Waals surface area contributed by atoms with E-state index in [0.29, 0.717) is 19.6 Å². The van der Waals surface area contributed by atoms with E-state index in [4.69, 9.17) is 28.6 Å². The second-order valence-corrected chi connectivity index (χ2v) is 8.48. The molecule has 0 aliphatic heterocycles. The molecule has 0 bridgehead atoms. The fraction of sp³-hybridized carbons (Fsp3) is 0.0556. The molecular weight excluding hydrogens is 452 g/mol. The molecule has 0 unspecified atom stereocenters. The van der Waals surface area contributed by atoms with Gasteiger partial charge in [-0.15, -0.1) is 10.2 Å². The Bertz CT molecular complexity index is 1060. The standard InChI is InChI=1S/C18H13ClN4O3S3/c1-10(24)26-14-5-3-2-4-13(14)15(25)28-18-23-22-17(29-18)21-16(27)20-12-8-6-11(19)7-9-12/h2-9H,1H3,(H2,20,21,22,27). The van der Waals surface area contributed by atoms with Crippen molar-refractivity contribution in [2.24, 2.45) is 0 Å². The number of anilines is 2. The SMILES string of the molecule is CC(=O)Oc1ccccc1C(=O)Sc1nnc(NC(=S)Nc2ccc(Cl)cc2)s1. The first-order valence-electron chi connectivity index (χ1n) is 8.07. The minimum Gasteiger partial charge on any atom is -0.426 e. The lowest BCUT2D eigenvalue weighted by Gasteiger charge is -2.07. The molecule has 0 aliphatic rings. The van der Waals surface area contributed by atoms with Gasteiger partial charge in [-0.2, -0.15) is 0 Å². The van der Waals surface area contributed by atoms with Crippen LogP contribution in [0.15, 0.2) is 52.9 Å². The highest BCUT2D eigenvalue weighted by atomic mass is 35.5. The van der Waals surface area contributed by atoms with Gasteiger partial charge in [-0.05, 0) is 60.4 Å². The fourth-order valence-electron chi connectivity index (χ4n) is 2.11. The number of ether oxygens (including phenoxy) is 1. The van der Waals surface area contributed by atoms with Crippen LogP contribution in [0.3, 0.4) is 0 Å². The summed E-state index contributed by atoms with van der Waals surface area (Å²) in [5, 5.41) is 14.9. The number of thioether (sulfide) groups is 1. The number of nitrogens with zero attached hydrogens (tertiary/aromatic N) is 2. The third-order valence-corrected chi connectivity index (χ3v) is 5.52. The number of para-hydroxylation sites is 1. The van der Waals surface area contributed by atoms with Gasteiger partial charge in [0.1, 0.15) is 5.75 Å². The number of hydrogen-bond donors (Lipinski definition) is 2. The molecule has 3 rings (SSSR count). The van der Waals surface area contributed by atoms with E-state index in [-0.39, 0.29) is 16.4 Å². The largest absolute Gasteiger partial charge is 0.426 e. The summed E-state index contributed by atoms with van der Waals surface area (Å²) in [7, 11) is 0. The van der Waals surface area contributed by atoms with Crippen LogP contribution in [0.25, 0.3) is 0 Å². The summed E-state index contributed by atoms with van der Waals surface area (Å²) < 4.78 is 5.50. The number of aromatic nitrogens is 2. The number of halogens is 1. The number of rotatable bonds is 5. The van der Waals surface area contributed by atoms with Crippen molar-refractivity contribution in [3.63, 3.8) is 0 Å². The average Bonchev–Trinajstić information content (AvgIpc) is 3.10. The van der Waals surface area contributed by atoms with Crippen molar-refractivity contribution in [3.05, 3.63) is 59.1 Å². The molecule has 3 aromatic rings. The Labute approximate surface area is 184 Å². The Morgan fingerprint density at radius 1 is 1.10 bits per heavy atom. The van der Waals surface area contributed by atoms with Gasteiger partial charge in [0.25, 0.3) is 0 Å². The van der Waals surface area contributed by atoms with Crippen LogP contribution in [-0.4, -0.2) is 26.4 Å². The summed E-state index contributed by atoms with van der Waals surface area (Å²) in [5.41, 5.74) is 1.04. The van der Waals surface area contributed by atoms with Crippen molar-refractivity contribution in [1.82, 2.24) is 10.2 Å². The molecule has 0 amide bonds. The van der Waals surface area contributed by atoms with E-state index in [1.807, 2.05) is 0 Å². The summed E-state index contributed by atoms with van der Waals surface area (Å²) in [4.78, 5) is 23.8. The van der Waals surface area contributed by atoms with E-state index in [1.54, 1.807) is 48.5 Å². The monoisotopic (exact) mass is 464 g/mol. The molecule has 7 nitrogen and oxygen atoms in total. The Balaban J connectivity index is 1.61. The van der Waals surface area contributed by atoms with Crippen LogP contribution in [0.1, 0.15) is 17.3 Å². The third kappa shape index (κ3) is 6.23. The lowest BCUT2D eigenvalue weighted by molar-refractivity contribution is -0.131. The summed E-state index contributed by atoms with van der Waals surface area (Å²) in [6.07, 6.45) is 0. The molecule has 1 heterocycles. The normalized spacial score (nSPS) is 10.3. The van der Waals surface area contributed by atoms with Crippen LogP contribution < -0.4 is 15.4 Å². The Hall–Kier alpha value is -2.53. The quantitative estimate of drug-likeness (QED) is 0.237. The van der Waals surface area contributed by atoms with Crippen molar-refractivity contribution in [1.29, 1.82) is 0 Å². The molecule has 2 aromatic carbocycles. The third-order valence-electron chi connectivity index (χ3n) is 3.27. The molecule has 0 aliphatic carbocycles. The van der Waals surface area contributed by atoms with E-state index in [2.05, 4.69) is 20.8 Å². The maximum Gasteiger partial charge on any atom is 0.308 e. The highest BCUT2D eigenvalue weighted by Crippen LogP contribution is 2.31. The summed E-state index contributed by atoms with van der Waals surface area (Å²) in [5.74, 6) is -0.298. The number of benzene rings is 2. The second kappa shape index (κ2) is 9.79. The van der Waals surface area contributed by atoms with Crippen molar-refractivity contribution in [2.75, 3.05) is 10.6 Å². The zero-order valence-corrected chi connectivity index (χ0v) is 18.0. The number of carbonyl (C=O) groups excluding carboxylic acids is 2. The second-order valence-electron chi connectivity index (χ2n) is 5.44. The molecule has 0 atom stereocenters. The summed E-state index contributed by atoms with van der Waals surface area (Å²) in [6.45, 7) is 1.28. The lowest BCUT2D eigenvalue weighted by atomic mass is 10.2. The number of hydrogen-bond acceptors (Lipinski definition) is 8. The van der Waals surface area contributed by atoms with Crippen LogP contribution in [0.2, 0.25) is 5.02 Å². The van der Waals surface area contributed by atoms with Crippen LogP contribution >= 0.6 is 46.9 Å². The molecule has 148 valence electrons. The van der Waals surface area contributed by atoms with Crippen LogP contribution in [0.4, 0.5) is 10.8 Å². The first-order chi connectivity index (χ1) is 13.9. The molecule has 0 saturated heterocycles. The molecule has 2 N–H and O–H groups in total. The van der Waals surface area contributed by atoms with Crippen LogP contribution in [0, 0.1) is 0 Å². The van der Waals surface area contributed by atoms with Crippen LogP contribution in [0.5, 0.6) is 5.75 Å². The summed E-state index contributed by atoms with van der Waals surface area (Å²) >= 11 is 13.2. The number of nitrogens with one attached hydrogen (secondary N) is 2. The van der Waals surface area contributed by atoms with Gasteiger partial charge in [0.15, 0.2) is 9.45 Å². The maximum atomic E-state index is 12.6. The zero-order chi connectivity index (χ0) is 20.8. The zero-order valence-electron chi connectivity index (χ0n) is 14.8. The minimum absolute atomic E-state index is 0.203. The fourth-order valence-corrected chi connectivity index (χ4v) is 4.14. The van der Waals surface area contributed by atoms with Gasteiger partial charge >= 0.3 is 5.97 Å². The number of thiocarbonyl (C=S) groups is 1. The van der Waals surface area contributed by atoms with Gasteiger partial charge < -0.3 is 15.4 Å². The molecule has 0 fully saturated rings. The number of carbonyl (C=O) groups is 2. The van der Waals surface area contributed by atoms with Gasteiger partial charge in [0.2, 0.25) is 10.2 Å². The van der Waals surface area contributed by atoms with E-state index in [0.717, 1.165) is 17.4 Å². The van der Waals surface area contributed by atoms with Gasteiger partial charge in [-0.3, -0.25) is 9.59 Å². The van der Waals surface area contributed by atoms with Gasteiger partial charge in [-0.1, -0.05) is 35.1 Å². The van der Waals surface area contributed by atoms with Gasteiger partial charge in [-0.25, -0.2) is 0 Å². The number of esters is 1. The van der Waals surface area contributed by atoms with Crippen LogP contribution in [-0.2, 0) is 4.79 Å². The molecule has 0 saturated carbocycles. The molecule has 0 spiro atoms. The first kappa shape index (κ1) is 21.2. The molecule has 0 radical (unpaired) electrons. The van der Waals surface area contributed by atoms with Gasteiger partial charge in [0, 0.05) is 17.6 Å². The minimum atomic E-state index is -0.501. The Morgan fingerprint density at radius 3 is 2.55 bits per heavy atom. The molecule has 1 aromatic heterocycles. The summed E-state index contributed by atoms with van der Waals surface area (Å²) in [6, 6.07) is 13.6. The Kier molecular flexibility index (Phi) is 7.15.